The summed E-state index contributed by atoms with van der Waals surface area (Å²) in [6, 6.07) is 3.75. The third kappa shape index (κ3) is 15.2. The van der Waals surface area contributed by atoms with Gasteiger partial charge in [0.1, 0.15) is 24.7 Å². The monoisotopic (exact) mass is 606 g/mol. The average molecular weight is 607 g/mol. The Bertz CT molecular complexity index is 1140. The Balaban J connectivity index is 3.17. The quantitative estimate of drug-likeness (QED) is 0.0462. The molecule has 0 saturated carbocycles. The third-order valence-electron chi connectivity index (χ3n) is 5.98. The summed E-state index contributed by atoms with van der Waals surface area (Å²) in [5, 5.41) is 27.8. The van der Waals surface area contributed by atoms with Crippen LogP contribution in [0, 0.1) is 5.92 Å². The summed E-state index contributed by atoms with van der Waals surface area (Å²) in [6.07, 6.45) is -0.159. The van der Waals surface area contributed by atoms with Crippen molar-refractivity contribution >= 4 is 41.5 Å². The fraction of sp³-hybridized carbons (Fsp3) is 0.519. The number of hydrogen-bond donors (Lipinski definition) is 9. The first-order valence-electron chi connectivity index (χ1n) is 13.7. The number of nitrogens with two attached hydrogens (primary N) is 3. The number of aliphatic imine (C=N–C) groups is 1. The van der Waals surface area contributed by atoms with Gasteiger partial charge in [0.15, 0.2) is 5.96 Å². The number of aliphatic carboxylic acids is 2. The lowest BCUT2D eigenvalue weighted by atomic mass is 10.00. The van der Waals surface area contributed by atoms with Gasteiger partial charge in [-0.05, 0) is 30.7 Å². The number of carboxylic acid groups (broad SMARTS) is 2. The SMILES string of the molecule is CC(C)C[C@H](NC(=O)[C@H](Cc1ccccc1)NC(=O)[C@@H](N)CC(=O)O)C(=O)N[C@@H](CCCN=C(N)N)C(=O)NCC(=O)O. The number of amides is 4. The number of carboxylic acids is 2. The lowest BCUT2D eigenvalue weighted by Crippen LogP contribution is -2.58. The molecule has 0 saturated heterocycles. The van der Waals surface area contributed by atoms with Crippen LogP contribution in [0.4, 0.5) is 0 Å². The van der Waals surface area contributed by atoms with Crippen molar-refractivity contribution in [1.29, 1.82) is 0 Å². The Morgan fingerprint density at radius 1 is 0.814 bits per heavy atom. The number of benzene rings is 1. The maximum Gasteiger partial charge on any atom is 0.322 e. The Kier molecular flexibility index (Phi) is 15.7. The maximum atomic E-state index is 13.5. The van der Waals surface area contributed by atoms with Crippen molar-refractivity contribution in [1.82, 2.24) is 21.3 Å². The smallest absolute Gasteiger partial charge is 0.322 e. The summed E-state index contributed by atoms with van der Waals surface area (Å²) in [5.41, 5.74) is 17.0. The molecule has 0 aliphatic heterocycles. The summed E-state index contributed by atoms with van der Waals surface area (Å²) in [6.45, 7) is 3.10. The molecule has 0 aliphatic rings. The molecule has 4 atom stereocenters. The van der Waals surface area contributed by atoms with E-state index in [0.717, 1.165) is 0 Å². The van der Waals surface area contributed by atoms with Gasteiger partial charge < -0.3 is 48.7 Å². The number of nitrogens with zero attached hydrogens (tertiary/aromatic N) is 1. The van der Waals surface area contributed by atoms with Crippen LogP contribution >= 0.6 is 0 Å². The van der Waals surface area contributed by atoms with Crippen molar-refractivity contribution in [3.05, 3.63) is 35.9 Å². The van der Waals surface area contributed by atoms with E-state index in [1.807, 2.05) is 13.8 Å². The summed E-state index contributed by atoms with van der Waals surface area (Å²) in [5.74, 6) is -5.89. The van der Waals surface area contributed by atoms with E-state index in [-0.39, 0.29) is 44.1 Å². The van der Waals surface area contributed by atoms with Crippen LogP contribution < -0.4 is 38.5 Å². The van der Waals surface area contributed by atoms with Gasteiger partial charge in [-0.3, -0.25) is 33.8 Å². The van der Waals surface area contributed by atoms with Crippen LogP contribution in [0.1, 0.15) is 45.1 Å². The zero-order valence-corrected chi connectivity index (χ0v) is 24.2. The minimum Gasteiger partial charge on any atom is -0.481 e. The fourth-order valence-electron chi connectivity index (χ4n) is 3.92. The maximum absolute atomic E-state index is 13.5. The second-order valence-electron chi connectivity index (χ2n) is 10.3. The summed E-state index contributed by atoms with van der Waals surface area (Å²) >= 11 is 0. The Hall–Kier alpha value is -4.73. The third-order valence-corrected chi connectivity index (χ3v) is 5.98. The number of nitrogens with one attached hydrogen (secondary N) is 4. The van der Waals surface area contributed by atoms with Crippen molar-refractivity contribution in [2.75, 3.05) is 13.1 Å². The van der Waals surface area contributed by atoms with Gasteiger partial charge in [-0.2, -0.15) is 0 Å². The van der Waals surface area contributed by atoms with Crippen molar-refractivity contribution in [2.45, 2.75) is 70.1 Å². The molecule has 1 aromatic rings. The van der Waals surface area contributed by atoms with Crippen LogP contribution in [-0.4, -0.2) is 89.0 Å². The highest BCUT2D eigenvalue weighted by Gasteiger charge is 2.31. The topological polar surface area (TPSA) is 281 Å². The van der Waals surface area contributed by atoms with Crippen LogP contribution in [0.3, 0.4) is 0 Å². The molecule has 16 nitrogen and oxygen atoms in total. The molecule has 0 aliphatic carbocycles. The zero-order valence-electron chi connectivity index (χ0n) is 24.2. The van der Waals surface area contributed by atoms with Gasteiger partial charge in [-0.1, -0.05) is 44.2 Å². The number of carbonyl (C=O) groups is 6. The Labute approximate surface area is 249 Å². The average Bonchev–Trinajstić information content (AvgIpc) is 2.92. The summed E-state index contributed by atoms with van der Waals surface area (Å²) in [4.78, 5) is 77.9. The number of carbonyl (C=O) groups excluding carboxylic acids is 4. The number of rotatable bonds is 19. The molecule has 43 heavy (non-hydrogen) atoms. The molecule has 0 radical (unpaired) electrons. The molecular weight excluding hydrogens is 564 g/mol. The van der Waals surface area contributed by atoms with E-state index in [9.17, 15) is 28.8 Å². The van der Waals surface area contributed by atoms with E-state index in [0.29, 0.717) is 5.56 Å². The predicted molar refractivity (Wildman–Crippen MR) is 156 cm³/mol. The van der Waals surface area contributed by atoms with Gasteiger partial charge >= 0.3 is 11.9 Å². The lowest BCUT2D eigenvalue weighted by Gasteiger charge is -2.26. The standard InChI is InChI=1S/C27H42N8O8/c1-15(2)11-19(25(42)33-18(9-6-10-31-27(29)30)24(41)32-14-22(38)39)35-26(43)20(12-16-7-4-3-5-8-16)34-23(40)17(28)13-21(36)37/h3-5,7-8,15,17-20H,6,9-14,28H2,1-2H3,(H,32,41)(H,33,42)(H,34,40)(H,35,43)(H,36,37)(H,38,39)(H4,29,30,31)/t17-,18-,19-,20-/m0/s1. The predicted octanol–water partition coefficient (Wildman–Crippen LogP) is -2.21. The molecule has 0 bridgehead atoms. The molecule has 0 fully saturated rings. The molecule has 238 valence electrons. The van der Waals surface area contributed by atoms with Gasteiger partial charge in [-0.25, -0.2) is 0 Å². The van der Waals surface area contributed by atoms with Gasteiger partial charge in [-0.15, -0.1) is 0 Å². The van der Waals surface area contributed by atoms with Crippen LogP contribution in [0.15, 0.2) is 35.3 Å². The molecule has 0 spiro atoms. The van der Waals surface area contributed by atoms with Crippen molar-refractivity contribution in [3.63, 3.8) is 0 Å². The molecule has 0 unspecified atom stereocenters. The lowest BCUT2D eigenvalue weighted by molar-refractivity contribution is -0.140. The second-order valence-corrected chi connectivity index (χ2v) is 10.3. The van der Waals surface area contributed by atoms with E-state index in [4.69, 9.17) is 27.4 Å². The van der Waals surface area contributed by atoms with E-state index in [1.54, 1.807) is 30.3 Å². The highest BCUT2D eigenvalue weighted by molar-refractivity contribution is 5.95. The molecule has 12 N–H and O–H groups in total. The fourth-order valence-corrected chi connectivity index (χ4v) is 3.92. The largest absolute Gasteiger partial charge is 0.481 e. The first kappa shape index (κ1) is 36.3. The van der Waals surface area contributed by atoms with E-state index < -0.39 is 72.7 Å². The Morgan fingerprint density at radius 3 is 1.95 bits per heavy atom. The molecule has 16 heteroatoms. The zero-order chi connectivity index (χ0) is 32.5. The first-order chi connectivity index (χ1) is 20.2. The number of guanidine groups is 1. The van der Waals surface area contributed by atoms with Crippen molar-refractivity contribution < 1.29 is 39.0 Å². The molecular formula is C27H42N8O8. The van der Waals surface area contributed by atoms with E-state index in [1.165, 1.54) is 0 Å². The molecule has 4 amide bonds. The minimum absolute atomic E-state index is 0.0131. The minimum atomic E-state index is -1.41. The highest BCUT2D eigenvalue weighted by Crippen LogP contribution is 2.10. The number of hydrogen-bond acceptors (Lipinski definition) is 8. The van der Waals surface area contributed by atoms with Crippen LogP contribution in [0.5, 0.6) is 0 Å². The normalized spacial score (nSPS) is 13.5. The van der Waals surface area contributed by atoms with Crippen molar-refractivity contribution in [3.8, 4) is 0 Å². The molecule has 0 aromatic heterocycles. The van der Waals surface area contributed by atoms with Gasteiger partial charge in [0, 0.05) is 13.0 Å². The molecule has 1 rings (SSSR count). The van der Waals surface area contributed by atoms with Crippen LogP contribution in [0.2, 0.25) is 0 Å². The van der Waals surface area contributed by atoms with E-state index in [2.05, 4.69) is 26.3 Å². The summed E-state index contributed by atoms with van der Waals surface area (Å²) in [7, 11) is 0. The van der Waals surface area contributed by atoms with Crippen LogP contribution in [0.25, 0.3) is 0 Å². The molecule has 1 aromatic carbocycles. The van der Waals surface area contributed by atoms with E-state index >= 15 is 0 Å². The first-order valence-corrected chi connectivity index (χ1v) is 13.7. The molecule has 0 heterocycles. The second kappa shape index (κ2) is 18.7. The van der Waals surface area contributed by atoms with Crippen LogP contribution in [-0.2, 0) is 35.2 Å². The van der Waals surface area contributed by atoms with Crippen molar-refractivity contribution in [2.24, 2.45) is 28.1 Å². The van der Waals surface area contributed by atoms with Gasteiger partial charge in [0.2, 0.25) is 23.6 Å². The Morgan fingerprint density at radius 2 is 1.40 bits per heavy atom. The van der Waals surface area contributed by atoms with Gasteiger partial charge in [0.25, 0.3) is 0 Å². The van der Waals surface area contributed by atoms with Gasteiger partial charge in [0.05, 0.1) is 12.5 Å². The highest BCUT2D eigenvalue weighted by atomic mass is 16.4. The summed E-state index contributed by atoms with van der Waals surface area (Å²) < 4.78 is 0.